The van der Waals surface area contributed by atoms with Crippen molar-refractivity contribution >= 4 is 19.3 Å². The van der Waals surface area contributed by atoms with Crippen LogP contribution >= 0.6 is 0 Å². The molecule has 0 amide bonds. The number of benzene rings is 1. The molecule has 3 fully saturated rings. The van der Waals surface area contributed by atoms with Gasteiger partial charge in [0.2, 0.25) is 0 Å². The molecule has 0 N–H and O–H groups in total. The Labute approximate surface area is 378 Å². The summed E-state index contributed by atoms with van der Waals surface area (Å²) >= 11 is 0. The second-order valence-corrected chi connectivity index (χ2v) is 21.3. The molecule has 0 bridgehead atoms. The Morgan fingerprint density at radius 3 is 2.25 bits per heavy atom. The van der Waals surface area contributed by atoms with Gasteiger partial charge in [-0.25, -0.2) is 0 Å². The number of allylic oxidation sites excluding steroid dienone is 5. The molecule has 1 radical (unpaired) electrons. The Kier molecular flexibility index (Phi) is 19.3. The maximum absolute atomic E-state index is 14.1. The van der Waals surface area contributed by atoms with Gasteiger partial charge in [0, 0.05) is 24.2 Å². The fourth-order valence-electron chi connectivity index (χ4n) is 15.7. The van der Waals surface area contributed by atoms with Crippen molar-refractivity contribution in [3.8, 4) is 0 Å². The second kappa shape index (κ2) is 23.0. The first-order chi connectivity index (χ1) is 29.2. The minimum Gasteiger partial charge on any atom is -0.303 e. The van der Waals surface area contributed by atoms with Crippen molar-refractivity contribution in [2.24, 2.45) is 46.3 Å². The monoisotopic (exact) mass is 832 g/mol. The average molecular weight is 832 g/mol. The molecule has 0 aromatic heterocycles. The molecule has 1 aromatic carbocycles. The highest BCUT2D eigenvalue weighted by Gasteiger charge is 2.60. The first-order valence-corrected chi connectivity index (χ1v) is 25.7. The Bertz CT molecular complexity index is 1670. The third-order valence-corrected chi connectivity index (χ3v) is 18.3. The number of aryl methyl sites for hydroxylation is 1. The standard InChI is InChI=1S/C58H92BO2/c1-14-25-45(10)57(42(6)7,38-24-40-60)56(18-5,37-17-4)54-44(9)29-30-47(46(54)11)41-43(8)27-22-20-19-21-23-28-53(61)52-34-33-51-49-32-31-48(26-15-2)55(12,36-16-3)50(49)35-39-58(51,52)59-13/h14-15,26,29-30,40,42,45,49-52H,1-2,8,16-25,27-28,31-39,41H2,3-7,9-13H3/b48-26-. The van der Waals surface area contributed by atoms with Crippen LogP contribution in [0.25, 0.3) is 0 Å². The highest BCUT2D eigenvalue weighted by molar-refractivity contribution is 6.39. The average Bonchev–Trinajstić information content (AvgIpc) is 3.63. The number of aldehydes is 1. The number of ketones is 1. The molecule has 0 aliphatic heterocycles. The van der Waals surface area contributed by atoms with Crippen LogP contribution in [0.4, 0.5) is 0 Å². The molecule has 1 aromatic rings. The van der Waals surface area contributed by atoms with E-state index in [1.165, 1.54) is 92.0 Å². The summed E-state index contributed by atoms with van der Waals surface area (Å²) in [6.07, 6.45) is 31.7. The lowest BCUT2D eigenvalue weighted by Crippen LogP contribution is -2.53. The summed E-state index contributed by atoms with van der Waals surface area (Å²) in [7, 11) is 2.52. The van der Waals surface area contributed by atoms with Gasteiger partial charge in [-0.1, -0.05) is 148 Å². The van der Waals surface area contributed by atoms with E-state index in [9.17, 15) is 9.59 Å². The van der Waals surface area contributed by atoms with E-state index in [-0.39, 0.29) is 27.5 Å². The number of fused-ring (bicyclic) bond motifs is 3. The van der Waals surface area contributed by atoms with E-state index >= 15 is 0 Å². The zero-order chi connectivity index (χ0) is 45.0. The highest BCUT2D eigenvalue weighted by Crippen LogP contribution is 2.69. The number of hydrogen-bond acceptors (Lipinski definition) is 2. The van der Waals surface area contributed by atoms with E-state index in [1.54, 1.807) is 5.57 Å². The summed E-state index contributed by atoms with van der Waals surface area (Å²) in [4.78, 5) is 26.1. The predicted octanol–water partition coefficient (Wildman–Crippen LogP) is 16.7. The van der Waals surface area contributed by atoms with Gasteiger partial charge in [0.1, 0.15) is 19.3 Å². The minimum atomic E-state index is -0.0398. The highest BCUT2D eigenvalue weighted by atomic mass is 16.1. The van der Waals surface area contributed by atoms with Gasteiger partial charge in [0.15, 0.2) is 0 Å². The summed E-state index contributed by atoms with van der Waals surface area (Å²) < 4.78 is 0. The Balaban J connectivity index is 1.34. The number of rotatable bonds is 27. The van der Waals surface area contributed by atoms with Gasteiger partial charge in [-0.15, -0.1) is 6.58 Å². The van der Waals surface area contributed by atoms with Gasteiger partial charge in [-0.3, -0.25) is 4.79 Å². The fraction of sp³-hybridized carbons (Fsp3) is 0.724. The van der Waals surface area contributed by atoms with E-state index in [1.807, 2.05) is 6.08 Å². The van der Waals surface area contributed by atoms with Crippen molar-refractivity contribution in [3.05, 3.63) is 83.5 Å². The van der Waals surface area contributed by atoms with Gasteiger partial charge < -0.3 is 4.79 Å². The van der Waals surface area contributed by atoms with Crippen molar-refractivity contribution in [2.45, 2.75) is 221 Å². The summed E-state index contributed by atoms with van der Waals surface area (Å²) in [5.74, 6) is 3.79. The lowest BCUT2D eigenvalue weighted by atomic mass is 9.37. The van der Waals surface area contributed by atoms with Gasteiger partial charge in [0.25, 0.3) is 0 Å². The molecule has 9 atom stereocenters. The van der Waals surface area contributed by atoms with Gasteiger partial charge in [-0.2, -0.15) is 0 Å². The number of hydrogen-bond donors (Lipinski definition) is 0. The lowest BCUT2D eigenvalue weighted by Gasteiger charge is -2.58. The molecular formula is C58H92BO2. The normalized spacial score (nSPS) is 28.0. The smallest absolute Gasteiger partial charge is 0.135 e. The topological polar surface area (TPSA) is 34.1 Å². The zero-order valence-electron chi connectivity index (χ0n) is 41.5. The van der Waals surface area contributed by atoms with E-state index in [0.717, 1.165) is 88.8 Å². The molecule has 0 saturated heterocycles. The largest absolute Gasteiger partial charge is 0.303 e. The predicted molar refractivity (Wildman–Crippen MR) is 267 cm³/mol. The lowest BCUT2D eigenvalue weighted by molar-refractivity contribution is -0.125. The Hall–Kier alpha value is -2.42. The molecule has 3 aliphatic carbocycles. The second-order valence-electron chi connectivity index (χ2n) is 21.3. The van der Waals surface area contributed by atoms with Crippen molar-refractivity contribution in [1.29, 1.82) is 0 Å². The van der Waals surface area contributed by atoms with Crippen molar-refractivity contribution in [1.82, 2.24) is 0 Å². The van der Waals surface area contributed by atoms with Crippen LogP contribution in [0.5, 0.6) is 0 Å². The molecule has 339 valence electrons. The fourth-order valence-corrected chi connectivity index (χ4v) is 15.7. The Morgan fingerprint density at radius 1 is 0.934 bits per heavy atom. The van der Waals surface area contributed by atoms with Gasteiger partial charge >= 0.3 is 0 Å². The first kappa shape index (κ1) is 51.2. The van der Waals surface area contributed by atoms with Crippen LogP contribution in [0.15, 0.2) is 61.2 Å². The van der Waals surface area contributed by atoms with Crippen LogP contribution in [0.2, 0.25) is 12.1 Å². The van der Waals surface area contributed by atoms with Crippen LogP contribution in [0.3, 0.4) is 0 Å². The van der Waals surface area contributed by atoms with Gasteiger partial charge in [0.05, 0.1) is 0 Å². The Morgan fingerprint density at radius 2 is 1.64 bits per heavy atom. The van der Waals surface area contributed by atoms with Crippen LogP contribution in [0.1, 0.15) is 206 Å². The molecule has 0 spiro atoms. The molecule has 3 saturated carbocycles. The zero-order valence-corrected chi connectivity index (χ0v) is 41.5. The van der Waals surface area contributed by atoms with Crippen LogP contribution in [-0.2, 0) is 21.4 Å². The van der Waals surface area contributed by atoms with Crippen LogP contribution < -0.4 is 0 Å². The van der Waals surface area contributed by atoms with Crippen LogP contribution in [0, 0.1) is 60.2 Å². The molecule has 9 unspecified atom stereocenters. The van der Waals surface area contributed by atoms with Gasteiger partial charge in [-0.05, 0) is 172 Å². The third kappa shape index (κ3) is 10.1. The molecular weight excluding hydrogens is 739 g/mol. The van der Waals surface area contributed by atoms with Crippen molar-refractivity contribution in [3.63, 3.8) is 0 Å². The molecule has 0 heterocycles. The molecule has 2 nitrogen and oxygen atoms in total. The maximum atomic E-state index is 14.1. The van der Waals surface area contributed by atoms with E-state index in [2.05, 4.69) is 120 Å². The minimum absolute atomic E-state index is 0.0305. The summed E-state index contributed by atoms with van der Waals surface area (Å²) in [5, 5.41) is 0.119. The van der Waals surface area contributed by atoms with Crippen molar-refractivity contribution < 1.29 is 9.59 Å². The van der Waals surface area contributed by atoms with Crippen LogP contribution in [-0.4, -0.2) is 19.3 Å². The molecule has 61 heavy (non-hydrogen) atoms. The molecule has 3 aliphatic rings. The van der Waals surface area contributed by atoms with E-state index < -0.39 is 0 Å². The number of Topliss-reactive ketones (excluding diaryl/α,β-unsaturated/α-hetero) is 1. The summed E-state index contributed by atoms with van der Waals surface area (Å²) in [6.45, 7) is 36.8. The third-order valence-electron chi connectivity index (χ3n) is 18.3. The SMILES string of the molecule is C=C/C=C1/CCC2C(CCC3([B]C)C(C(=O)CCCCCCCC(=C)Cc4ccc(C)c(C(CC)(CCC)C(CCC=O)(C(C)C)C(C)CC=C)c4C)CCC23)C1(C)CCC. The number of carbonyl (C=O) groups excluding carboxylic acids is 2. The number of carbonyl (C=O) groups is 2. The maximum Gasteiger partial charge on any atom is 0.135 e. The molecule has 3 heteroatoms. The number of unbranched alkanes of at least 4 members (excludes halogenated alkanes) is 4. The first-order valence-electron chi connectivity index (χ1n) is 25.7. The van der Waals surface area contributed by atoms with Crippen molar-refractivity contribution in [2.75, 3.05) is 0 Å². The quantitative estimate of drug-likeness (QED) is 0.0383. The summed E-state index contributed by atoms with van der Waals surface area (Å²) in [6, 6.07) is 4.75. The van der Waals surface area contributed by atoms with E-state index in [4.69, 9.17) is 0 Å². The summed E-state index contributed by atoms with van der Waals surface area (Å²) in [5.41, 5.74) is 8.96. The molecule has 4 rings (SSSR count). The van der Waals surface area contributed by atoms with E-state index in [0.29, 0.717) is 30.0 Å².